The van der Waals surface area contributed by atoms with Crippen LogP contribution in [0.2, 0.25) is 0 Å². The van der Waals surface area contributed by atoms with Crippen molar-refractivity contribution in [1.82, 2.24) is 15.1 Å². The van der Waals surface area contributed by atoms with Crippen molar-refractivity contribution in [1.29, 1.82) is 0 Å². The summed E-state index contributed by atoms with van der Waals surface area (Å²) in [7, 11) is 0. The number of amides is 4. The van der Waals surface area contributed by atoms with Gasteiger partial charge in [-0.1, -0.05) is 50.2 Å². The zero-order chi connectivity index (χ0) is 30.5. The molecule has 0 spiro atoms. The summed E-state index contributed by atoms with van der Waals surface area (Å²) in [5.74, 6) is -3.23. The van der Waals surface area contributed by atoms with E-state index >= 15 is 0 Å². The standard InChI is InChI=1S/C31H38N4O7/c1-4-42-26(37)22-14-11-15-23(18-22)33-29(41)32-20-25(36)35-24(21-12-7-5-8-13-21)19-30(2,3)31(35,28(39)40)27(38)34-16-9-6-10-17-34/h5,7-8,11-15,18,24H,4,6,9-10,16-17,19-20H2,1-3H3,(H,39,40)(H2,32,33,41). The van der Waals surface area contributed by atoms with Gasteiger partial charge in [-0.15, -0.1) is 0 Å². The molecule has 4 amide bonds. The Morgan fingerprint density at radius 2 is 1.67 bits per heavy atom. The Labute approximate surface area is 245 Å². The van der Waals surface area contributed by atoms with Crippen molar-refractivity contribution in [2.45, 2.75) is 58.0 Å². The number of esters is 1. The van der Waals surface area contributed by atoms with E-state index in [9.17, 15) is 29.1 Å². The Morgan fingerprint density at radius 1 is 0.976 bits per heavy atom. The van der Waals surface area contributed by atoms with Gasteiger partial charge in [-0.3, -0.25) is 9.59 Å². The van der Waals surface area contributed by atoms with Gasteiger partial charge in [0.25, 0.3) is 5.91 Å². The number of carbonyl (C=O) groups is 5. The van der Waals surface area contributed by atoms with Crippen LogP contribution in [0.3, 0.4) is 0 Å². The molecule has 2 unspecified atom stereocenters. The number of nitrogens with one attached hydrogen (secondary N) is 2. The first-order valence-electron chi connectivity index (χ1n) is 14.2. The van der Waals surface area contributed by atoms with Crippen LogP contribution in [0.15, 0.2) is 54.6 Å². The number of carboxylic acids is 1. The van der Waals surface area contributed by atoms with Gasteiger partial charge in [0.2, 0.25) is 11.4 Å². The highest BCUT2D eigenvalue weighted by Crippen LogP contribution is 2.55. The smallest absolute Gasteiger partial charge is 0.340 e. The molecule has 3 N–H and O–H groups in total. The van der Waals surface area contributed by atoms with Gasteiger partial charge < -0.3 is 30.3 Å². The number of piperidine rings is 1. The summed E-state index contributed by atoms with van der Waals surface area (Å²) >= 11 is 0. The number of urea groups is 1. The summed E-state index contributed by atoms with van der Waals surface area (Å²) in [5, 5.41) is 15.9. The number of anilines is 1. The minimum Gasteiger partial charge on any atom is -0.479 e. The van der Waals surface area contributed by atoms with Crippen LogP contribution in [0.25, 0.3) is 0 Å². The molecule has 0 saturated carbocycles. The molecule has 42 heavy (non-hydrogen) atoms. The van der Waals surface area contributed by atoms with Crippen LogP contribution < -0.4 is 10.6 Å². The molecule has 0 bridgehead atoms. The third-order valence-electron chi connectivity index (χ3n) is 8.10. The van der Waals surface area contributed by atoms with Crippen molar-refractivity contribution < 1.29 is 33.8 Å². The monoisotopic (exact) mass is 578 g/mol. The number of aliphatic carboxylic acids is 1. The fourth-order valence-corrected chi connectivity index (χ4v) is 6.14. The van der Waals surface area contributed by atoms with E-state index in [0.29, 0.717) is 24.3 Å². The van der Waals surface area contributed by atoms with Crippen LogP contribution in [0.1, 0.15) is 68.4 Å². The van der Waals surface area contributed by atoms with Crippen LogP contribution in [-0.4, -0.2) is 76.5 Å². The number of nitrogens with zero attached hydrogens (tertiary/aromatic N) is 2. The second kappa shape index (κ2) is 12.6. The molecular weight excluding hydrogens is 540 g/mol. The quantitative estimate of drug-likeness (QED) is 0.319. The summed E-state index contributed by atoms with van der Waals surface area (Å²) < 4.78 is 4.99. The third-order valence-corrected chi connectivity index (χ3v) is 8.10. The lowest BCUT2D eigenvalue weighted by atomic mass is 9.71. The van der Waals surface area contributed by atoms with Gasteiger partial charge in [-0.2, -0.15) is 0 Å². The molecule has 2 aromatic carbocycles. The average Bonchev–Trinajstić information content (AvgIpc) is 3.24. The maximum absolute atomic E-state index is 14.2. The van der Waals surface area contributed by atoms with E-state index in [1.54, 1.807) is 68.1 Å². The number of rotatable bonds is 8. The van der Waals surface area contributed by atoms with E-state index in [1.165, 1.54) is 11.0 Å². The SMILES string of the molecule is CCOC(=O)c1cccc(NC(=O)NCC(=O)N2C(c3ccccc3)CC(C)(C)C2(C(=O)O)C(=O)N2CCCCC2)c1. The molecule has 11 nitrogen and oxygen atoms in total. The molecule has 11 heteroatoms. The second-order valence-electron chi connectivity index (χ2n) is 11.3. The maximum Gasteiger partial charge on any atom is 0.340 e. The third kappa shape index (κ3) is 5.81. The molecule has 2 heterocycles. The Bertz CT molecular complexity index is 1340. The van der Waals surface area contributed by atoms with Gasteiger partial charge in [-0.25, -0.2) is 14.4 Å². The predicted molar refractivity (Wildman–Crippen MR) is 155 cm³/mol. The molecule has 4 rings (SSSR count). The number of ether oxygens (including phenoxy) is 1. The fraction of sp³-hybridized carbons (Fsp3) is 0.452. The van der Waals surface area contributed by atoms with Gasteiger partial charge in [0.1, 0.15) is 0 Å². The average molecular weight is 579 g/mol. The molecule has 0 aliphatic carbocycles. The van der Waals surface area contributed by atoms with Gasteiger partial charge in [-0.05, 0) is 56.4 Å². The zero-order valence-corrected chi connectivity index (χ0v) is 24.2. The summed E-state index contributed by atoms with van der Waals surface area (Å²) in [5.41, 5.74) is -2.05. The van der Waals surface area contributed by atoms with Gasteiger partial charge in [0, 0.05) is 24.2 Å². The summed E-state index contributed by atoms with van der Waals surface area (Å²) in [6.07, 6.45) is 2.71. The lowest BCUT2D eigenvalue weighted by Gasteiger charge is -2.45. The molecule has 2 saturated heterocycles. The number of hydrogen-bond donors (Lipinski definition) is 3. The van der Waals surface area contributed by atoms with Crippen LogP contribution in [-0.2, 0) is 19.1 Å². The predicted octanol–water partition coefficient (Wildman–Crippen LogP) is 3.82. The number of benzene rings is 2. The number of carbonyl (C=O) groups excluding carboxylic acids is 4. The van der Waals surface area contributed by atoms with Crippen molar-refractivity contribution in [3.05, 3.63) is 65.7 Å². The van der Waals surface area contributed by atoms with E-state index < -0.39 is 53.3 Å². The normalized spacial score (nSPS) is 21.4. The minimum absolute atomic E-state index is 0.203. The van der Waals surface area contributed by atoms with Crippen LogP contribution in [0, 0.1) is 5.41 Å². The molecule has 2 fully saturated rings. The molecular formula is C31H38N4O7. The van der Waals surface area contributed by atoms with E-state index in [0.717, 1.165) is 19.3 Å². The Kier molecular flexibility index (Phi) is 9.18. The zero-order valence-electron chi connectivity index (χ0n) is 24.2. The molecule has 224 valence electrons. The molecule has 2 aromatic rings. The number of likely N-dealkylation sites (tertiary alicyclic amines) is 2. The summed E-state index contributed by atoms with van der Waals surface area (Å²) in [6, 6.07) is 13.7. The highest BCUT2D eigenvalue weighted by Gasteiger charge is 2.70. The van der Waals surface area contributed by atoms with Crippen molar-refractivity contribution in [2.75, 3.05) is 31.6 Å². The highest BCUT2D eigenvalue weighted by atomic mass is 16.5. The van der Waals surface area contributed by atoms with Crippen LogP contribution in [0.4, 0.5) is 10.5 Å². The molecule has 2 aliphatic rings. The largest absolute Gasteiger partial charge is 0.479 e. The highest BCUT2D eigenvalue weighted by molar-refractivity contribution is 6.11. The first kappa shape index (κ1) is 30.5. The van der Waals surface area contributed by atoms with Gasteiger partial charge in [0.05, 0.1) is 24.8 Å². The first-order chi connectivity index (χ1) is 20.0. The van der Waals surface area contributed by atoms with Gasteiger partial charge >= 0.3 is 18.0 Å². The first-order valence-corrected chi connectivity index (χ1v) is 14.2. The lowest BCUT2D eigenvalue weighted by Crippen LogP contribution is -2.69. The lowest BCUT2D eigenvalue weighted by molar-refractivity contribution is -0.175. The van der Waals surface area contributed by atoms with E-state index in [2.05, 4.69) is 10.6 Å². The van der Waals surface area contributed by atoms with Crippen molar-refractivity contribution >= 4 is 35.5 Å². The van der Waals surface area contributed by atoms with Crippen molar-refractivity contribution in [3.8, 4) is 0 Å². The van der Waals surface area contributed by atoms with E-state index in [4.69, 9.17) is 4.74 Å². The maximum atomic E-state index is 14.2. The van der Waals surface area contributed by atoms with E-state index in [-0.39, 0.29) is 18.6 Å². The topological polar surface area (TPSA) is 145 Å². The van der Waals surface area contributed by atoms with E-state index in [1.807, 2.05) is 6.07 Å². The molecule has 2 atom stereocenters. The molecule has 0 aromatic heterocycles. The Balaban J connectivity index is 1.62. The van der Waals surface area contributed by atoms with Crippen molar-refractivity contribution in [3.63, 3.8) is 0 Å². The van der Waals surface area contributed by atoms with Crippen molar-refractivity contribution in [2.24, 2.45) is 5.41 Å². The number of carboxylic acid groups (broad SMARTS) is 1. The fourth-order valence-electron chi connectivity index (χ4n) is 6.14. The number of hydrogen-bond acceptors (Lipinski definition) is 6. The second-order valence-corrected chi connectivity index (χ2v) is 11.3. The summed E-state index contributed by atoms with van der Waals surface area (Å²) in [6.45, 7) is 5.61. The Hall–Kier alpha value is -4.41. The minimum atomic E-state index is -2.17. The Morgan fingerprint density at radius 3 is 2.31 bits per heavy atom. The summed E-state index contributed by atoms with van der Waals surface area (Å²) in [4.78, 5) is 69.0. The van der Waals surface area contributed by atoms with Crippen LogP contribution >= 0.6 is 0 Å². The molecule has 2 aliphatic heterocycles. The molecule has 0 radical (unpaired) electrons. The van der Waals surface area contributed by atoms with Gasteiger partial charge in [0.15, 0.2) is 0 Å². The van der Waals surface area contributed by atoms with Crippen LogP contribution in [0.5, 0.6) is 0 Å².